The molecule has 0 atom stereocenters. The summed E-state index contributed by atoms with van der Waals surface area (Å²) in [6.07, 6.45) is 0. The van der Waals surface area contributed by atoms with E-state index in [2.05, 4.69) is 5.32 Å². The molecule has 23 heavy (non-hydrogen) atoms. The molecule has 0 aliphatic rings. The highest BCUT2D eigenvalue weighted by Crippen LogP contribution is 2.27. The van der Waals surface area contributed by atoms with E-state index in [1.165, 1.54) is 18.2 Å². The first-order valence-corrected chi connectivity index (χ1v) is 7.54. The van der Waals surface area contributed by atoms with Gasteiger partial charge in [0.05, 0.1) is 9.26 Å². The Labute approximate surface area is 140 Å². The molecule has 0 saturated heterocycles. The van der Waals surface area contributed by atoms with Gasteiger partial charge < -0.3 is 10.1 Å². The van der Waals surface area contributed by atoms with Gasteiger partial charge in [0.1, 0.15) is 10.6 Å². The minimum atomic E-state index is -0.684. The Morgan fingerprint density at radius 2 is 2.09 bits per heavy atom. The second-order valence-electron chi connectivity index (χ2n) is 4.45. The normalized spacial score (nSPS) is 10.2. The fourth-order valence-corrected chi connectivity index (χ4v) is 2.71. The molecule has 120 valence electrons. The van der Waals surface area contributed by atoms with E-state index in [9.17, 15) is 19.7 Å². The molecule has 0 spiro atoms. The summed E-state index contributed by atoms with van der Waals surface area (Å²) in [6, 6.07) is 7.45. The molecule has 7 nitrogen and oxygen atoms in total. The number of hydrogen-bond acceptors (Lipinski definition) is 6. The molecule has 2 rings (SSSR count). The molecule has 0 saturated carbocycles. The number of nitro benzene ring substituents is 1. The molecule has 0 aliphatic heterocycles. The van der Waals surface area contributed by atoms with E-state index in [1.54, 1.807) is 19.1 Å². The number of nitro groups is 1. The highest BCUT2D eigenvalue weighted by Gasteiger charge is 2.19. The molecule has 2 aromatic rings. The summed E-state index contributed by atoms with van der Waals surface area (Å²) in [6.45, 7) is 1.07. The zero-order valence-corrected chi connectivity index (χ0v) is 13.4. The van der Waals surface area contributed by atoms with Crippen molar-refractivity contribution < 1.29 is 19.2 Å². The maximum atomic E-state index is 11.8. The van der Waals surface area contributed by atoms with Crippen molar-refractivity contribution in [1.29, 1.82) is 0 Å². The molecule has 9 heteroatoms. The van der Waals surface area contributed by atoms with Gasteiger partial charge in [0.15, 0.2) is 6.61 Å². The molecule has 0 radical (unpaired) electrons. The number of aryl methyl sites for hydroxylation is 1. The van der Waals surface area contributed by atoms with Crippen molar-refractivity contribution in [2.75, 3.05) is 11.9 Å². The number of nitrogens with one attached hydrogen (secondary N) is 1. The second kappa shape index (κ2) is 7.21. The van der Waals surface area contributed by atoms with E-state index >= 15 is 0 Å². The second-order valence-corrected chi connectivity index (χ2v) is 6.17. The molecule has 1 N–H and O–H groups in total. The number of rotatable bonds is 5. The van der Waals surface area contributed by atoms with Gasteiger partial charge in [0.25, 0.3) is 11.6 Å². The van der Waals surface area contributed by atoms with Crippen LogP contribution in [0.25, 0.3) is 0 Å². The van der Waals surface area contributed by atoms with E-state index in [0.29, 0.717) is 9.90 Å². The number of benzene rings is 1. The first-order chi connectivity index (χ1) is 10.9. The van der Waals surface area contributed by atoms with Crippen LogP contribution in [0.1, 0.15) is 15.2 Å². The number of esters is 1. The molecular weight excluding hydrogens is 344 g/mol. The fraction of sp³-hybridized carbons (Fsp3) is 0.143. The zero-order chi connectivity index (χ0) is 17.0. The van der Waals surface area contributed by atoms with E-state index in [-0.39, 0.29) is 16.3 Å². The van der Waals surface area contributed by atoms with Crippen molar-refractivity contribution in [1.82, 2.24) is 0 Å². The standard InChI is InChI=1S/C14H11ClN2O5S/c1-8-3-2-4-9(17(20)21)13(8)16-12(18)7-22-14(19)10-5-6-11(15)23-10/h2-6H,7H2,1H3,(H,16,18). The zero-order valence-electron chi connectivity index (χ0n) is 11.9. The number of halogens is 1. The van der Waals surface area contributed by atoms with Crippen molar-refractivity contribution in [3.8, 4) is 0 Å². The fourth-order valence-electron chi connectivity index (χ4n) is 1.77. The lowest BCUT2D eigenvalue weighted by Crippen LogP contribution is -2.21. The number of anilines is 1. The summed E-state index contributed by atoms with van der Waals surface area (Å²) in [7, 11) is 0. The summed E-state index contributed by atoms with van der Waals surface area (Å²) in [5.41, 5.74) is 0.386. The minimum absolute atomic E-state index is 0.0812. The number of thiophene rings is 1. The Morgan fingerprint density at radius 1 is 1.35 bits per heavy atom. The van der Waals surface area contributed by atoms with Gasteiger partial charge in [-0.25, -0.2) is 4.79 Å². The van der Waals surface area contributed by atoms with Crippen LogP contribution in [-0.2, 0) is 9.53 Å². The van der Waals surface area contributed by atoms with Crippen LogP contribution in [0.15, 0.2) is 30.3 Å². The molecule has 0 aliphatic carbocycles. The lowest BCUT2D eigenvalue weighted by molar-refractivity contribution is -0.384. The monoisotopic (exact) mass is 354 g/mol. The number of para-hydroxylation sites is 1. The predicted octanol–water partition coefficient (Wildman–Crippen LogP) is 3.41. The molecule has 1 heterocycles. The third kappa shape index (κ3) is 4.27. The highest BCUT2D eigenvalue weighted by atomic mass is 35.5. The first kappa shape index (κ1) is 16.9. The minimum Gasteiger partial charge on any atom is -0.451 e. The number of carbonyl (C=O) groups excluding carboxylic acids is 2. The average Bonchev–Trinajstić information content (AvgIpc) is 2.93. The molecule has 1 aromatic heterocycles. The van der Waals surface area contributed by atoms with Crippen molar-refractivity contribution in [3.05, 3.63) is 55.2 Å². The Hall–Kier alpha value is -2.45. The smallest absolute Gasteiger partial charge is 0.348 e. The molecule has 0 bridgehead atoms. The molecule has 1 aromatic carbocycles. The van der Waals surface area contributed by atoms with Gasteiger partial charge in [-0.05, 0) is 24.6 Å². The van der Waals surface area contributed by atoms with Gasteiger partial charge in [-0.15, -0.1) is 11.3 Å². The Morgan fingerprint density at radius 3 is 2.70 bits per heavy atom. The third-order valence-corrected chi connectivity index (χ3v) is 4.03. The summed E-state index contributed by atoms with van der Waals surface area (Å²) in [4.78, 5) is 34.2. The van der Waals surface area contributed by atoms with Gasteiger partial charge in [0, 0.05) is 6.07 Å². The summed E-state index contributed by atoms with van der Waals surface area (Å²) < 4.78 is 5.27. The summed E-state index contributed by atoms with van der Waals surface area (Å²) in [5, 5.41) is 13.4. The Balaban J connectivity index is 2.00. The average molecular weight is 355 g/mol. The van der Waals surface area contributed by atoms with Crippen LogP contribution in [0.5, 0.6) is 0 Å². The summed E-state index contributed by atoms with van der Waals surface area (Å²) in [5.74, 6) is -1.35. The highest BCUT2D eigenvalue weighted by molar-refractivity contribution is 7.17. The number of hydrogen-bond donors (Lipinski definition) is 1. The molecule has 0 fully saturated rings. The lowest BCUT2D eigenvalue weighted by Gasteiger charge is -2.09. The van der Waals surface area contributed by atoms with Crippen LogP contribution in [0.3, 0.4) is 0 Å². The van der Waals surface area contributed by atoms with Gasteiger partial charge in [-0.3, -0.25) is 14.9 Å². The number of ether oxygens (including phenoxy) is 1. The molecule has 1 amide bonds. The number of carbonyl (C=O) groups is 2. The lowest BCUT2D eigenvalue weighted by atomic mass is 10.1. The van der Waals surface area contributed by atoms with Crippen LogP contribution in [-0.4, -0.2) is 23.4 Å². The number of amides is 1. The van der Waals surface area contributed by atoms with Gasteiger partial charge >= 0.3 is 5.97 Å². The Bertz CT molecular complexity index is 774. The quantitative estimate of drug-likeness (QED) is 0.504. The van der Waals surface area contributed by atoms with Gasteiger partial charge in [0.2, 0.25) is 0 Å². The van der Waals surface area contributed by atoms with Crippen LogP contribution in [0.2, 0.25) is 4.34 Å². The van der Waals surface area contributed by atoms with E-state index in [1.807, 2.05) is 0 Å². The van der Waals surface area contributed by atoms with Crippen molar-refractivity contribution >= 4 is 46.2 Å². The van der Waals surface area contributed by atoms with Crippen LogP contribution in [0, 0.1) is 17.0 Å². The number of nitrogens with zero attached hydrogens (tertiary/aromatic N) is 1. The molecular formula is C14H11ClN2O5S. The Kier molecular flexibility index (Phi) is 5.30. The van der Waals surface area contributed by atoms with Crippen molar-refractivity contribution in [2.45, 2.75) is 6.92 Å². The largest absolute Gasteiger partial charge is 0.451 e. The van der Waals surface area contributed by atoms with Gasteiger partial charge in [-0.1, -0.05) is 23.7 Å². The van der Waals surface area contributed by atoms with Crippen molar-refractivity contribution in [2.24, 2.45) is 0 Å². The molecule has 0 unspecified atom stereocenters. The first-order valence-electron chi connectivity index (χ1n) is 6.35. The van der Waals surface area contributed by atoms with Crippen LogP contribution in [0.4, 0.5) is 11.4 Å². The third-order valence-electron chi connectivity index (χ3n) is 2.82. The SMILES string of the molecule is Cc1cccc([N+](=O)[O-])c1NC(=O)COC(=O)c1ccc(Cl)s1. The maximum absolute atomic E-state index is 11.8. The predicted molar refractivity (Wildman–Crippen MR) is 86.1 cm³/mol. The topological polar surface area (TPSA) is 98.5 Å². The van der Waals surface area contributed by atoms with E-state index < -0.39 is 23.4 Å². The van der Waals surface area contributed by atoms with E-state index in [4.69, 9.17) is 16.3 Å². The van der Waals surface area contributed by atoms with Crippen molar-refractivity contribution in [3.63, 3.8) is 0 Å². The summed E-state index contributed by atoms with van der Waals surface area (Å²) >= 11 is 6.74. The van der Waals surface area contributed by atoms with E-state index in [0.717, 1.165) is 11.3 Å². The van der Waals surface area contributed by atoms with Gasteiger partial charge in [-0.2, -0.15) is 0 Å². The van der Waals surface area contributed by atoms with Crippen LogP contribution >= 0.6 is 22.9 Å². The maximum Gasteiger partial charge on any atom is 0.348 e. The van der Waals surface area contributed by atoms with Crippen LogP contribution < -0.4 is 5.32 Å².